The van der Waals surface area contributed by atoms with Crippen LogP contribution in [-0.2, 0) is 11.3 Å². The van der Waals surface area contributed by atoms with Crippen molar-refractivity contribution in [2.24, 2.45) is 0 Å². The second kappa shape index (κ2) is 4.37. The van der Waals surface area contributed by atoms with E-state index in [1.54, 1.807) is 11.3 Å². The topological polar surface area (TPSA) is 61.4 Å². The number of hydrogen-bond acceptors (Lipinski definition) is 4. The van der Waals surface area contributed by atoms with Crippen molar-refractivity contribution < 1.29 is 9.59 Å². The standard InChI is InChI=1S/C12H15N3O2S/c16-10-12(4-2-5-13-8-12)14-11(17)15(10)7-9-3-1-6-18-9/h1,3,6,13H,2,4-5,7-8H2,(H,14,17). The van der Waals surface area contributed by atoms with Crippen molar-refractivity contribution in [3.63, 3.8) is 0 Å². The lowest BCUT2D eigenvalue weighted by Crippen LogP contribution is -2.57. The van der Waals surface area contributed by atoms with Crippen LogP contribution in [0.3, 0.4) is 0 Å². The molecule has 0 saturated carbocycles. The molecule has 1 atom stereocenters. The number of nitrogens with one attached hydrogen (secondary N) is 2. The first-order valence-electron chi connectivity index (χ1n) is 6.08. The van der Waals surface area contributed by atoms with Gasteiger partial charge in [-0.3, -0.25) is 9.69 Å². The summed E-state index contributed by atoms with van der Waals surface area (Å²) in [5.74, 6) is -0.0897. The predicted octanol–water partition coefficient (Wildman–Crippen LogP) is 0.922. The highest BCUT2D eigenvalue weighted by molar-refractivity contribution is 7.09. The summed E-state index contributed by atoms with van der Waals surface area (Å²) in [5.41, 5.74) is -0.702. The van der Waals surface area contributed by atoms with E-state index in [0.29, 0.717) is 13.1 Å². The van der Waals surface area contributed by atoms with E-state index < -0.39 is 5.54 Å². The van der Waals surface area contributed by atoms with E-state index in [1.807, 2.05) is 17.5 Å². The number of piperidine rings is 1. The molecule has 1 spiro atoms. The molecule has 2 aliphatic rings. The maximum Gasteiger partial charge on any atom is 0.325 e. The van der Waals surface area contributed by atoms with Crippen LogP contribution in [0.1, 0.15) is 17.7 Å². The van der Waals surface area contributed by atoms with E-state index >= 15 is 0 Å². The number of amides is 3. The Morgan fingerprint density at radius 3 is 3.00 bits per heavy atom. The van der Waals surface area contributed by atoms with Gasteiger partial charge >= 0.3 is 6.03 Å². The highest BCUT2D eigenvalue weighted by Crippen LogP contribution is 2.26. The molecular formula is C12H15N3O2S. The Kier molecular flexibility index (Phi) is 2.83. The van der Waals surface area contributed by atoms with Gasteiger partial charge in [0.25, 0.3) is 5.91 Å². The average Bonchev–Trinajstić information content (AvgIpc) is 2.95. The van der Waals surface area contributed by atoms with Crippen LogP contribution in [0.25, 0.3) is 0 Å². The molecular weight excluding hydrogens is 250 g/mol. The number of hydrogen-bond donors (Lipinski definition) is 2. The summed E-state index contributed by atoms with van der Waals surface area (Å²) >= 11 is 1.56. The van der Waals surface area contributed by atoms with Gasteiger partial charge in [0.1, 0.15) is 5.54 Å². The minimum Gasteiger partial charge on any atom is -0.322 e. The van der Waals surface area contributed by atoms with E-state index in [4.69, 9.17) is 0 Å². The fourth-order valence-corrected chi connectivity index (χ4v) is 3.27. The van der Waals surface area contributed by atoms with Crippen LogP contribution in [0.2, 0.25) is 0 Å². The average molecular weight is 265 g/mol. The van der Waals surface area contributed by atoms with E-state index in [0.717, 1.165) is 24.3 Å². The fraction of sp³-hybridized carbons (Fsp3) is 0.500. The van der Waals surface area contributed by atoms with Crippen molar-refractivity contribution in [2.75, 3.05) is 13.1 Å². The first-order chi connectivity index (χ1) is 8.71. The van der Waals surface area contributed by atoms with Gasteiger partial charge in [-0.1, -0.05) is 6.07 Å². The lowest BCUT2D eigenvalue weighted by molar-refractivity contribution is -0.132. The molecule has 6 heteroatoms. The normalized spacial score (nSPS) is 27.9. The molecule has 2 saturated heterocycles. The Morgan fingerprint density at radius 2 is 2.33 bits per heavy atom. The number of urea groups is 1. The number of nitrogens with zero attached hydrogens (tertiary/aromatic N) is 1. The summed E-state index contributed by atoms with van der Waals surface area (Å²) < 4.78 is 0. The number of carbonyl (C=O) groups is 2. The van der Waals surface area contributed by atoms with Crippen molar-refractivity contribution in [2.45, 2.75) is 24.9 Å². The van der Waals surface area contributed by atoms with Crippen molar-refractivity contribution in [1.29, 1.82) is 0 Å². The molecule has 1 aromatic heterocycles. The molecule has 2 N–H and O–H groups in total. The van der Waals surface area contributed by atoms with Gasteiger partial charge in [-0.25, -0.2) is 4.79 Å². The first-order valence-corrected chi connectivity index (χ1v) is 6.96. The highest BCUT2D eigenvalue weighted by Gasteiger charge is 2.51. The number of carbonyl (C=O) groups excluding carboxylic acids is 2. The molecule has 3 amide bonds. The van der Waals surface area contributed by atoms with Crippen LogP contribution in [0.5, 0.6) is 0 Å². The van der Waals surface area contributed by atoms with Gasteiger partial charge in [0.2, 0.25) is 0 Å². The fourth-order valence-electron chi connectivity index (χ4n) is 2.57. The monoisotopic (exact) mass is 265 g/mol. The molecule has 96 valence electrons. The lowest BCUT2D eigenvalue weighted by atomic mass is 9.90. The maximum absolute atomic E-state index is 12.4. The summed E-state index contributed by atoms with van der Waals surface area (Å²) in [6.45, 7) is 1.83. The Morgan fingerprint density at radius 1 is 1.44 bits per heavy atom. The SMILES string of the molecule is O=C1NC2(CCCNC2)C(=O)N1Cc1cccs1. The van der Waals surface area contributed by atoms with Crippen molar-refractivity contribution in [3.05, 3.63) is 22.4 Å². The quantitative estimate of drug-likeness (QED) is 0.782. The second-order valence-corrected chi connectivity index (χ2v) is 5.80. The van der Waals surface area contributed by atoms with Crippen molar-refractivity contribution >= 4 is 23.3 Å². The van der Waals surface area contributed by atoms with Gasteiger partial charge in [-0.15, -0.1) is 11.3 Å². The van der Waals surface area contributed by atoms with Gasteiger partial charge in [0.05, 0.1) is 6.54 Å². The third kappa shape index (κ3) is 1.81. The number of thiophene rings is 1. The summed E-state index contributed by atoms with van der Waals surface area (Å²) in [6.07, 6.45) is 1.64. The van der Waals surface area contributed by atoms with E-state index in [-0.39, 0.29) is 11.9 Å². The zero-order chi connectivity index (χ0) is 12.6. The molecule has 0 bridgehead atoms. The molecule has 5 nitrogen and oxygen atoms in total. The Hall–Kier alpha value is -1.40. The summed E-state index contributed by atoms with van der Waals surface area (Å²) in [4.78, 5) is 26.7. The lowest BCUT2D eigenvalue weighted by Gasteiger charge is -2.31. The van der Waals surface area contributed by atoms with E-state index in [1.165, 1.54) is 4.90 Å². The second-order valence-electron chi connectivity index (χ2n) is 4.76. The summed E-state index contributed by atoms with van der Waals surface area (Å²) in [7, 11) is 0. The minimum atomic E-state index is -0.702. The largest absolute Gasteiger partial charge is 0.325 e. The molecule has 0 aliphatic carbocycles. The van der Waals surface area contributed by atoms with Gasteiger partial charge < -0.3 is 10.6 Å². The van der Waals surface area contributed by atoms with E-state index in [2.05, 4.69) is 10.6 Å². The Bertz CT molecular complexity index is 466. The van der Waals surface area contributed by atoms with E-state index in [9.17, 15) is 9.59 Å². The van der Waals surface area contributed by atoms with Crippen LogP contribution in [-0.4, -0.2) is 35.5 Å². The third-order valence-corrected chi connectivity index (χ3v) is 4.38. The maximum atomic E-state index is 12.4. The molecule has 2 aliphatic heterocycles. The molecule has 0 radical (unpaired) electrons. The first kappa shape index (κ1) is 11.7. The zero-order valence-corrected chi connectivity index (χ0v) is 10.8. The number of imide groups is 1. The van der Waals surface area contributed by atoms with Crippen LogP contribution >= 0.6 is 11.3 Å². The van der Waals surface area contributed by atoms with Crippen LogP contribution in [0.4, 0.5) is 4.79 Å². The number of rotatable bonds is 2. The molecule has 1 unspecified atom stereocenters. The summed E-state index contributed by atoms with van der Waals surface area (Å²) in [5, 5.41) is 8.00. The van der Waals surface area contributed by atoms with Gasteiger partial charge in [0, 0.05) is 11.4 Å². The van der Waals surface area contributed by atoms with Gasteiger partial charge in [-0.2, -0.15) is 0 Å². The Balaban J connectivity index is 1.80. The third-order valence-electron chi connectivity index (χ3n) is 3.52. The zero-order valence-electron chi connectivity index (χ0n) is 9.94. The highest BCUT2D eigenvalue weighted by atomic mass is 32.1. The summed E-state index contributed by atoms with van der Waals surface area (Å²) in [6, 6.07) is 3.60. The van der Waals surface area contributed by atoms with Crippen LogP contribution in [0, 0.1) is 0 Å². The molecule has 2 fully saturated rings. The minimum absolute atomic E-state index is 0.0897. The van der Waals surface area contributed by atoms with Crippen molar-refractivity contribution in [1.82, 2.24) is 15.5 Å². The Labute approximate surface area is 109 Å². The van der Waals surface area contributed by atoms with Crippen LogP contribution < -0.4 is 10.6 Å². The molecule has 1 aromatic rings. The smallest absolute Gasteiger partial charge is 0.322 e. The van der Waals surface area contributed by atoms with Gasteiger partial charge in [-0.05, 0) is 30.8 Å². The van der Waals surface area contributed by atoms with Gasteiger partial charge in [0.15, 0.2) is 0 Å². The molecule has 0 aromatic carbocycles. The molecule has 3 heterocycles. The predicted molar refractivity (Wildman–Crippen MR) is 68.2 cm³/mol. The van der Waals surface area contributed by atoms with Crippen LogP contribution in [0.15, 0.2) is 17.5 Å². The molecule has 18 heavy (non-hydrogen) atoms. The van der Waals surface area contributed by atoms with Crippen molar-refractivity contribution in [3.8, 4) is 0 Å². The molecule has 3 rings (SSSR count).